The zero-order valence-corrected chi connectivity index (χ0v) is 11.6. The normalized spacial score (nSPS) is 27.2. The lowest BCUT2D eigenvalue weighted by Gasteiger charge is -2.35. The van der Waals surface area contributed by atoms with Crippen LogP contribution in [0.4, 0.5) is 0 Å². The number of halogens is 1. The second kappa shape index (κ2) is 6.55. The highest BCUT2D eigenvalue weighted by molar-refractivity contribution is 8.18. The fourth-order valence-electron chi connectivity index (χ4n) is 2.10. The molecule has 0 N–H and O–H groups in total. The van der Waals surface area contributed by atoms with Gasteiger partial charge >= 0.3 is 0 Å². The Kier molecular flexibility index (Phi) is 6.11. The molecule has 0 aliphatic heterocycles. The molecule has 0 radical (unpaired) electrons. The average Bonchev–Trinajstić information content (AvgIpc) is 2.32. The van der Waals surface area contributed by atoms with Crippen LogP contribution < -0.4 is 0 Å². The first-order chi connectivity index (χ1) is 6.75. The fourth-order valence-corrected chi connectivity index (χ4v) is 5.94. The monoisotopic (exact) mass is 252 g/mol. The molecule has 0 aromatic heterocycles. The van der Waals surface area contributed by atoms with Crippen LogP contribution in [0.15, 0.2) is 0 Å². The zero-order valence-electron chi connectivity index (χ0n) is 9.22. The average molecular weight is 253 g/mol. The van der Waals surface area contributed by atoms with Crippen molar-refractivity contribution >= 4 is 35.1 Å². The standard InChI is InChI=1S/C11H21ClS2/c1-3-13-11(14-4-2)9-7-5-6-8-10(11)12/h10H,3-9H2,1-2H3. The van der Waals surface area contributed by atoms with Crippen molar-refractivity contribution in [1.29, 1.82) is 0 Å². The van der Waals surface area contributed by atoms with Gasteiger partial charge in [0.15, 0.2) is 0 Å². The highest BCUT2D eigenvalue weighted by Crippen LogP contribution is 2.49. The maximum Gasteiger partial charge on any atom is 0.0773 e. The minimum absolute atomic E-state index is 0.321. The van der Waals surface area contributed by atoms with E-state index in [2.05, 4.69) is 37.4 Å². The van der Waals surface area contributed by atoms with E-state index < -0.39 is 0 Å². The molecule has 1 aliphatic carbocycles. The first-order valence-electron chi connectivity index (χ1n) is 5.67. The third-order valence-electron chi connectivity index (χ3n) is 2.74. The molecule has 1 atom stereocenters. The molecule has 0 spiro atoms. The molecule has 84 valence electrons. The summed E-state index contributed by atoms with van der Waals surface area (Å²) in [5.41, 5.74) is 0. The van der Waals surface area contributed by atoms with E-state index in [1.165, 1.54) is 43.6 Å². The molecule has 1 saturated carbocycles. The van der Waals surface area contributed by atoms with Crippen LogP contribution >= 0.6 is 35.1 Å². The van der Waals surface area contributed by atoms with Crippen LogP contribution in [0.2, 0.25) is 0 Å². The largest absolute Gasteiger partial charge is 0.143 e. The fraction of sp³-hybridized carbons (Fsp3) is 1.00. The molecular formula is C11H21ClS2. The Labute approximate surface area is 102 Å². The van der Waals surface area contributed by atoms with E-state index in [4.69, 9.17) is 11.6 Å². The minimum Gasteiger partial charge on any atom is -0.143 e. The second-order valence-electron chi connectivity index (χ2n) is 3.74. The van der Waals surface area contributed by atoms with Crippen molar-refractivity contribution < 1.29 is 0 Å². The van der Waals surface area contributed by atoms with Gasteiger partial charge in [-0.1, -0.05) is 33.1 Å². The van der Waals surface area contributed by atoms with Crippen LogP contribution in [0.25, 0.3) is 0 Å². The number of hydrogen-bond donors (Lipinski definition) is 0. The van der Waals surface area contributed by atoms with Gasteiger partial charge in [-0.2, -0.15) is 0 Å². The molecule has 1 rings (SSSR count). The molecule has 0 amide bonds. The third kappa shape index (κ3) is 3.24. The number of thioether (sulfide) groups is 2. The Balaban J connectivity index is 2.68. The maximum atomic E-state index is 6.56. The van der Waals surface area contributed by atoms with Crippen LogP contribution in [-0.2, 0) is 0 Å². The van der Waals surface area contributed by atoms with E-state index in [9.17, 15) is 0 Å². The Morgan fingerprint density at radius 2 is 1.79 bits per heavy atom. The predicted molar refractivity (Wildman–Crippen MR) is 71.7 cm³/mol. The van der Waals surface area contributed by atoms with Crippen LogP contribution in [0.5, 0.6) is 0 Å². The number of hydrogen-bond acceptors (Lipinski definition) is 2. The molecule has 0 saturated heterocycles. The van der Waals surface area contributed by atoms with Gasteiger partial charge in [0.25, 0.3) is 0 Å². The van der Waals surface area contributed by atoms with Gasteiger partial charge < -0.3 is 0 Å². The molecule has 0 heterocycles. The summed E-state index contributed by atoms with van der Waals surface area (Å²) >= 11 is 10.7. The highest BCUT2D eigenvalue weighted by atomic mass is 35.5. The lowest BCUT2D eigenvalue weighted by atomic mass is 10.2. The van der Waals surface area contributed by atoms with E-state index in [1.54, 1.807) is 0 Å². The van der Waals surface area contributed by atoms with Crippen LogP contribution in [-0.4, -0.2) is 21.0 Å². The van der Waals surface area contributed by atoms with Gasteiger partial charge in [0, 0.05) is 0 Å². The molecule has 3 heteroatoms. The molecule has 0 bridgehead atoms. The van der Waals surface area contributed by atoms with Crippen molar-refractivity contribution in [3.8, 4) is 0 Å². The van der Waals surface area contributed by atoms with Crippen molar-refractivity contribution in [3.05, 3.63) is 0 Å². The first kappa shape index (κ1) is 13.1. The van der Waals surface area contributed by atoms with Crippen molar-refractivity contribution in [2.75, 3.05) is 11.5 Å². The summed E-state index contributed by atoms with van der Waals surface area (Å²) in [7, 11) is 0. The Bertz CT molecular complexity index is 155. The Morgan fingerprint density at radius 1 is 1.14 bits per heavy atom. The van der Waals surface area contributed by atoms with Crippen molar-refractivity contribution in [2.24, 2.45) is 0 Å². The molecule has 1 unspecified atom stereocenters. The van der Waals surface area contributed by atoms with E-state index in [1.807, 2.05) is 0 Å². The van der Waals surface area contributed by atoms with Gasteiger partial charge in [0.2, 0.25) is 0 Å². The summed E-state index contributed by atoms with van der Waals surface area (Å²) in [4.78, 5) is 0. The smallest absolute Gasteiger partial charge is 0.0773 e. The van der Waals surface area contributed by atoms with Gasteiger partial charge in [-0.05, 0) is 24.3 Å². The molecule has 0 nitrogen and oxygen atoms in total. The first-order valence-corrected chi connectivity index (χ1v) is 8.08. The summed E-state index contributed by atoms with van der Waals surface area (Å²) in [6.07, 6.45) is 6.58. The highest BCUT2D eigenvalue weighted by Gasteiger charge is 2.38. The van der Waals surface area contributed by atoms with Crippen molar-refractivity contribution in [1.82, 2.24) is 0 Å². The van der Waals surface area contributed by atoms with Crippen molar-refractivity contribution in [2.45, 2.75) is 55.4 Å². The van der Waals surface area contributed by atoms with Crippen molar-refractivity contribution in [3.63, 3.8) is 0 Å². The topological polar surface area (TPSA) is 0 Å². The van der Waals surface area contributed by atoms with Gasteiger partial charge in [0.05, 0.1) is 9.46 Å². The number of alkyl halides is 1. The SMILES string of the molecule is CCSC1(SCC)CCCCCC1Cl. The molecule has 1 aliphatic rings. The summed E-state index contributed by atoms with van der Waals surface area (Å²) in [6, 6.07) is 0. The van der Waals surface area contributed by atoms with E-state index in [0.29, 0.717) is 9.46 Å². The summed E-state index contributed by atoms with van der Waals surface area (Å²) < 4.78 is 0.321. The lowest BCUT2D eigenvalue weighted by Crippen LogP contribution is -2.31. The van der Waals surface area contributed by atoms with Gasteiger partial charge in [-0.3, -0.25) is 0 Å². The Hall–Kier alpha value is 0.990. The molecule has 0 aromatic rings. The minimum atomic E-state index is 0.321. The lowest BCUT2D eigenvalue weighted by molar-refractivity contribution is 0.682. The molecule has 1 fully saturated rings. The van der Waals surface area contributed by atoms with Gasteiger partial charge in [0.1, 0.15) is 0 Å². The van der Waals surface area contributed by atoms with Crippen LogP contribution in [0, 0.1) is 0 Å². The predicted octanol–water partition coefficient (Wildman–Crippen LogP) is 4.76. The number of rotatable bonds is 4. The second-order valence-corrected chi connectivity index (χ2v) is 7.72. The van der Waals surface area contributed by atoms with E-state index >= 15 is 0 Å². The summed E-state index contributed by atoms with van der Waals surface area (Å²) in [5, 5.41) is 0.375. The van der Waals surface area contributed by atoms with Gasteiger partial charge in [-0.25, -0.2) is 0 Å². The third-order valence-corrected chi connectivity index (χ3v) is 6.83. The van der Waals surface area contributed by atoms with Crippen LogP contribution in [0.1, 0.15) is 46.0 Å². The molecular weight excluding hydrogens is 232 g/mol. The van der Waals surface area contributed by atoms with Gasteiger partial charge in [-0.15, -0.1) is 35.1 Å². The summed E-state index contributed by atoms with van der Waals surface area (Å²) in [6.45, 7) is 4.49. The van der Waals surface area contributed by atoms with E-state index in [-0.39, 0.29) is 0 Å². The molecule has 0 aromatic carbocycles. The summed E-state index contributed by atoms with van der Waals surface area (Å²) in [5.74, 6) is 2.38. The maximum absolute atomic E-state index is 6.56. The van der Waals surface area contributed by atoms with E-state index in [0.717, 1.165) is 0 Å². The zero-order chi connectivity index (χ0) is 10.4. The molecule has 14 heavy (non-hydrogen) atoms. The quantitative estimate of drug-likeness (QED) is 0.402. The van der Waals surface area contributed by atoms with Crippen LogP contribution in [0.3, 0.4) is 0 Å². The Morgan fingerprint density at radius 3 is 2.36 bits per heavy atom.